The molecule has 1 aliphatic carbocycles. The molecule has 4 rings (SSSR count). The number of carboxylic acid groups (broad SMARTS) is 1. The smallest absolute Gasteiger partial charge is 0.416 e. The van der Waals surface area contributed by atoms with Crippen molar-refractivity contribution in [3.63, 3.8) is 0 Å². The van der Waals surface area contributed by atoms with Crippen molar-refractivity contribution in [1.29, 1.82) is 0 Å². The highest BCUT2D eigenvalue weighted by Gasteiger charge is 2.34. The minimum Gasteiger partial charge on any atom is -0.481 e. The summed E-state index contributed by atoms with van der Waals surface area (Å²) >= 11 is 0. The first kappa shape index (κ1) is 21.2. The second-order valence-electron chi connectivity index (χ2n) is 7.34. The third-order valence-electron chi connectivity index (χ3n) is 5.32. The highest BCUT2D eigenvalue weighted by molar-refractivity contribution is 7.94. The van der Waals surface area contributed by atoms with Gasteiger partial charge in [0.1, 0.15) is 0 Å². The number of halogens is 3. The van der Waals surface area contributed by atoms with Gasteiger partial charge in [0.2, 0.25) is 0 Å². The van der Waals surface area contributed by atoms with Crippen molar-refractivity contribution in [2.24, 2.45) is 0 Å². The molecule has 1 aliphatic heterocycles. The lowest BCUT2D eigenvalue weighted by molar-refractivity contribution is -0.138. The molecule has 31 heavy (non-hydrogen) atoms. The fourth-order valence-electron chi connectivity index (χ4n) is 3.93. The number of fused-ring (bicyclic) bond motifs is 2. The monoisotopic (exact) mass is 453 g/mol. The number of carbonyl (C=O) groups is 1. The van der Waals surface area contributed by atoms with E-state index in [4.69, 9.17) is 9.84 Å². The molecule has 2 aromatic rings. The number of aliphatic carboxylic acids is 1. The van der Waals surface area contributed by atoms with Gasteiger partial charge >= 0.3 is 12.1 Å². The van der Waals surface area contributed by atoms with Crippen LogP contribution in [0.2, 0.25) is 0 Å². The summed E-state index contributed by atoms with van der Waals surface area (Å²) in [4.78, 5) is 11.0. The van der Waals surface area contributed by atoms with Gasteiger partial charge in [-0.2, -0.15) is 13.2 Å². The van der Waals surface area contributed by atoms with Gasteiger partial charge in [-0.3, -0.25) is 4.79 Å². The van der Waals surface area contributed by atoms with Gasteiger partial charge in [-0.15, -0.1) is 0 Å². The predicted octanol–water partition coefficient (Wildman–Crippen LogP) is 4.72. The molecule has 2 aliphatic rings. The zero-order valence-electron chi connectivity index (χ0n) is 16.1. The summed E-state index contributed by atoms with van der Waals surface area (Å²) in [5.74, 6) is -1.03. The molecule has 1 aromatic heterocycles. The second kappa shape index (κ2) is 7.60. The Morgan fingerprint density at radius 2 is 1.97 bits per heavy atom. The molecule has 6 nitrogen and oxygen atoms in total. The van der Waals surface area contributed by atoms with Crippen LogP contribution in [0.1, 0.15) is 36.9 Å². The molecule has 1 aromatic carbocycles. The molecule has 0 bridgehead atoms. The van der Waals surface area contributed by atoms with E-state index in [1.54, 1.807) is 6.08 Å². The summed E-state index contributed by atoms with van der Waals surface area (Å²) in [7, 11) is -4.10. The molecule has 164 valence electrons. The minimum atomic E-state index is -4.57. The number of alkyl halides is 3. The van der Waals surface area contributed by atoms with Crippen LogP contribution in [0, 0.1) is 0 Å². The van der Waals surface area contributed by atoms with Crippen molar-refractivity contribution in [2.45, 2.75) is 38.3 Å². The minimum absolute atomic E-state index is 0.0891. The lowest BCUT2D eigenvalue weighted by Crippen LogP contribution is -2.18. The van der Waals surface area contributed by atoms with Crippen LogP contribution in [0.15, 0.2) is 58.9 Å². The molecule has 2 heterocycles. The first-order valence-corrected chi connectivity index (χ1v) is 11.0. The third kappa shape index (κ3) is 3.87. The largest absolute Gasteiger partial charge is 0.481 e. The Morgan fingerprint density at radius 3 is 2.68 bits per heavy atom. The van der Waals surface area contributed by atoms with Gasteiger partial charge in [0, 0.05) is 23.1 Å². The third-order valence-corrected chi connectivity index (χ3v) is 7.28. The Labute approximate surface area is 176 Å². The van der Waals surface area contributed by atoms with Gasteiger partial charge in [0.05, 0.1) is 28.5 Å². The SMILES string of the molecule is O=C(O)CCCc1cc2cc(C(F)(F)F)ccc2n1S(=O)(=O)C1=C2C=COC=C2CC1. The molecular formula is C21H18F3NO5S. The first-order valence-electron chi connectivity index (χ1n) is 9.52. The summed E-state index contributed by atoms with van der Waals surface area (Å²) in [6, 6.07) is 4.30. The van der Waals surface area contributed by atoms with Crippen molar-refractivity contribution >= 4 is 26.9 Å². The highest BCUT2D eigenvalue weighted by atomic mass is 32.2. The van der Waals surface area contributed by atoms with E-state index in [1.807, 2.05) is 0 Å². The number of benzene rings is 1. The Bertz CT molecular complexity index is 1270. The molecule has 0 unspecified atom stereocenters. The Morgan fingerprint density at radius 1 is 1.19 bits per heavy atom. The summed E-state index contributed by atoms with van der Waals surface area (Å²) < 4.78 is 72.9. The Kier molecular flexibility index (Phi) is 5.20. The number of aryl methyl sites for hydroxylation is 1. The van der Waals surface area contributed by atoms with Gasteiger partial charge < -0.3 is 9.84 Å². The number of aromatic nitrogens is 1. The standard InChI is InChI=1S/C21H18F3NO5S/c22-21(23,24)15-5-6-18-14(10-15)11-16(2-1-3-20(26)27)25(18)31(28,29)19-7-4-13-12-30-9-8-17(13)19/h5-6,8-12H,1-4,7H2,(H,26,27). The van der Waals surface area contributed by atoms with Crippen molar-refractivity contribution in [3.05, 3.63) is 70.2 Å². The summed E-state index contributed by atoms with van der Waals surface area (Å²) in [6.07, 6.45) is 0.617. The van der Waals surface area contributed by atoms with Crippen LogP contribution < -0.4 is 0 Å². The number of rotatable bonds is 6. The molecule has 0 atom stereocenters. The van der Waals surface area contributed by atoms with Crippen LogP contribution in [-0.4, -0.2) is 23.5 Å². The Hall–Kier alpha value is -3.01. The van der Waals surface area contributed by atoms with E-state index in [0.717, 1.165) is 27.7 Å². The zero-order valence-corrected chi connectivity index (χ0v) is 17.0. The van der Waals surface area contributed by atoms with Crippen LogP contribution >= 0.6 is 0 Å². The van der Waals surface area contributed by atoms with Crippen LogP contribution in [0.5, 0.6) is 0 Å². The van der Waals surface area contributed by atoms with Gasteiger partial charge in [-0.05, 0) is 61.6 Å². The van der Waals surface area contributed by atoms with Gasteiger partial charge in [0.15, 0.2) is 0 Å². The molecule has 0 saturated heterocycles. The van der Waals surface area contributed by atoms with E-state index in [9.17, 15) is 26.4 Å². The van der Waals surface area contributed by atoms with E-state index in [2.05, 4.69) is 0 Å². The molecule has 10 heteroatoms. The fraction of sp³-hybridized carbons (Fsp3) is 0.286. The van der Waals surface area contributed by atoms with Crippen molar-refractivity contribution in [2.75, 3.05) is 0 Å². The van der Waals surface area contributed by atoms with Crippen LogP contribution in [0.25, 0.3) is 10.9 Å². The number of hydrogen-bond acceptors (Lipinski definition) is 4. The highest BCUT2D eigenvalue weighted by Crippen LogP contribution is 2.40. The lowest BCUT2D eigenvalue weighted by atomic mass is 10.1. The molecule has 0 radical (unpaired) electrons. The van der Waals surface area contributed by atoms with E-state index < -0.39 is 27.7 Å². The van der Waals surface area contributed by atoms with E-state index in [0.29, 0.717) is 12.0 Å². The van der Waals surface area contributed by atoms with Crippen molar-refractivity contribution in [1.82, 2.24) is 3.97 Å². The summed E-state index contributed by atoms with van der Waals surface area (Å²) in [6.45, 7) is 0. The van der Waals surface area contributed by atoms with Crippen LogP contribution in [0.4, 0.5) is 13.2 Å². The average Bonchev–Trinajstić information content (AvgIpc) is 3.28. The average molecular weight is 453 g/mol. The van der Waals surface area contributed by atoms with E-state index >= 15 is 0 Å². The molecule has 0 fully saturated rings. The number of carboxylic acids is 1. The quantitative estimate of drug-likeness (QED) is 0.684. The fourth-order valence-corrected chi connectivity index (χ4v) is 5.86. The van der Waals surface area contributed by atoms with Gasteiger partial charge in [-0.1, -0.05) is 0 Å². The van der Waals surface area contributed by atoms with Crippen molar-refractivity contribution < 1.29 is 36.2 Å². The number of allylic oxidation sites excluding steroid dienone is 4. The molecule has 0 spiro atoms. The number of nitrogens with zero attached hydrogens (tertiary/aromatic N) is 1. The second-order valence-corrected chi connectivity index (χ2v) is 9.15. The topological polar surface area (TPSA) is 85.6 Å². The maximum absolute atomic E-state index is 13.6. The zero-order chi connectivity index (χ0) is 22.4. The van der Waals surface area contributed by atoms with E-state index in [-0.39, 0.29) is 47.2 Å². The van der Waals surface area contributed by atoms with Crippen LogP contribution in [0.3, 0.4) is 0 Å². The van der Waals surface area contributed by atoms with Crippen molar-refractivity contribution in [3.8, 4) is 0 Å². The molecular weight excluding hydrogens is 435 g/mol. The lowest BCUT2D eigenvalue weighted by Gasteiger charge is -2.14. The Balaban J connectivity index is 1.88. The van der Waals surface area contributed by atoms with Gasteiger partial charge in [-0.25, -0.2) is 12.4 Å². The maximum Gasteiger partial charge on any atom is 0.416 e. The summed E-state index contributed by atoms with van der Waals surface area (Å²) in [5.41, 5.74) is 0.755. The number of hydrogen-bond donors (Lipinski definition) is 1. The summed E-state index contributed by atoms with van der Waals surface area (Å²) in [5, 5.41) is 9.04. The molecule has 0 amide bonds. The van der Waals surface area contributed by atoms with E-state index in [1.165, 1.54) is 18.6 Å². The van der Waals surface area contributed by atoms with Crippen LogP contribution in [-0.2, 0) is 32.2 Å². The first-order chi connectivity index (χ1) is 14.6. The normalized spacial score (nSPS) is 16.4. The van der Waals surface area contributed by atoms with Gasteiger partial charge in [0.25, 0.3) is 10.0 Å². The maximum atomic E-state index is 13.6. The number of ether oxygens (including phenoxy) is 1. The predicted molar refractivity (Wildman–Crippen MR) is 106 cm³/mol. The molecule has 0 saturated carbocycles. The molecule has 1 N–H and O–H groups in total.